The summed E-state index contributed by atoms with van der Waals surface area (Å²) in [5.74, 6) is -0.143. The van der Waals surface area contributed by atoms with Crippen molar-refractivity contribution < 1.29 is 4.79 Å². The molecule has 20 heavy (non-hydrogen) atoms. The molecule has 0 aliphatic carbocycles. The quantitative estimate of drug-likeness (QED) is 0.866. The molecule has 0 spiro atoms. The van der Waals surface area contributed by atoms with Gasteiger partial charge in [-0.25, -0.2) is 0 Å². The number of hydrogen-bond acceptors (Lipinski definition) is 3. The Labute approximate surface area is 119 Å². The maximum atomic E-state index is 11.9. The largest absolute Gasteiger partial charge is 0.351 e. The summed E-state index contributed by atoms with van der Waals surface area (Å²) in [6.45, 7) is 2.43. The van der Waals surface area contributed by atoms with Crippen molar-refractivity contribution in [1.82, 2.24) is 10.3 Å². The van der Waals surface area contributed by atoms with Crippen LogP contribution in [0.4, 0.5) is 0 Å². The van der Waals surface area contributed by atoms with Crippen molar-refractivity contribution in [2.45, 2.75) is 25.9 Å². The zero-order valence-corrected chi connectivity index (χ0v) is 11.5. The second-order valence-corrected chi connectivity index (χ2v) is 4.88. The van der Waals surface area contributed by atoms with E-state index < -0.39 is 6.04 Å². The highest BCUT2D eigenvalue weighted by atomic mass is 16.2. The molecule has 3 N–H and O–H groups in total. The van der Waals surface area contributed by atoms with Crippen molar-refractivity contribution in [1.29, 1.82) is 0 Å². The van der Waals surface area contributed by atoms with Crippen molar-refractivity contribution >= 4 is 5.91 Å². The summed E-state index contributed by atoms with van der Waals surface area (Å²) < 4.78 is 0. The van der Waals surface area contributed by atoms with Crippen LogP contribution in [0, 0.1) is 6.92 Å². The summed E-state index contributed by atoms with van der Waals surface area (Å²) in [5.41, 5.74) is 9.03. The fourth-order valence-electron chi connectivity index (χ4n) is 2.00. The van der Waals surface area contributed by atoms with E-state index in [0.29, 0.717) is 13.0 Å². The van der Waals surface area contributed by atoms with E-state index in [1.54, 1.807) is 12.4 Å². The Balaban J connectivity index is 1.85. The molecule has 0 fully saturated rings. The number of nitrogens with zero attached hydrogens (tertiary/aromatic N) is 1. The molecule has 1 atom stereocenters. The molecule has 0 bridgehead atoms. The fourth-order valence-corrected chi connectivity index (χ4v) is 2.00. The average Bonchev–Trinajstić information content (AvgIpc) is 2.46. The molecule has 0 radical (unpaired) electrons. The highest BCUT2D eigenvalue weighted by Gasteiger charge is 2.13. The molecular weight excluding hydrogens is 250 g/mol. The average molecular weight is 269 g/mol. The Morgan fingerprint density at radius 1 is 1.25 bits per heavy atom. The third-order valence-electron chi connectivity index (χ3n) is 3.03. The third kappa shape index (κ3) is 4.17. The second-order valence-electron chi connectivity index (χ2n) is 4.88. The Hall–Kier alpha value is -2.20. The topological polar surface area (TPSA) is 68.0 Å². The first-order valence-corrected chi connectivity index (χ1v) is 6.63. The zero-order chi connectivity index (χ0) is 14.4. The summed E-state index contributed by atoms with van der Waals surface area (Å²) in [5, 5.41) is 2.84. The number of aryl methyl sites for hydroxylation is 1. The van der Waals surface area contributed by atoms with Crippen LogP contribution < -0.4 is 11.1 Å². The molecule has 4 heteroatoms. The molecule has 104 valence electrons. The fraction of sp³-hybridized carbons (Fsp3) is 0.250. The van der Waals surface area contributed by atoms with E-state index in [1.165, 1.54) is 0 Å². The summed E-state index contributed by atoms with van der Waals surface area (Å²) in [4.78, 5) is 16.0. The van der Waals surface area contributed by atoms with E-state index in [9.17, 15) is 4.79 Å². The van der Waals surface area contributed by atoms with Gasteiger partial charge in [0.2, 0.25) is 5.91 Å². The van der Waals surface area contributed by atoms with Gasteiger partial charge >= 0.3 is 0 Å². The number of pyridine rings is 1. The summed E-state index contributed by atoms with van der Waals surface area (Å²) in [7, 11) is 0. The maximum Gasteiger partial charge on any atom is 0.237 e. The van der Waals surface area contributed by atoms with Gasteiger partial charge in [-0.15, -0.1) is 0 Å². The normalized spacial score (nSPS) is 11.9. The van der Waals surface area contributed by atoms with Crippen LogP contribution in [-0.2, 0) is 17.8 Å². The molecule has 0 unspecified atom stereocenters. The summed E-state index contributed by atoms with van der Waals surface area (Å²) >= 11 is 0. The van der Waals surface area contributed by atoms with Gasteiger partial charge in [0.15, 0.2) is 0 Å². The number of benzene rings is 1. The molecule has 0 aliphatic rings. The molecule has 2 aromatic rings. The Bertz CT molecular complexity index is 569. The van der Waals surface area contributed by atoms with Crippen LogP contribution in [0.25, 0.3) is 0 Å². The van der Waals surface area contributed by atoms with E-state index in [4.69, 9.17) is 5.73 Å². The minimum Gasteiger partial charge on any atom is -0.351 e. The number of aromatic nitrogens is 1. The number of amides is 1. The lowest BCUT2D eigenvalue weighted by Gasteiger charge is -2.12. The van der Waals surface area contributed by atoms with E-state index >= 15 is 0 Å². The molecule has 0 aliphatic heterocycles. The summed E-state index contributed by atoms with van der Waals surface area (Å²) in [6, 6.07) is 11.2. The predicted molar refractivity (Wildman–Crippen MR) is 78.9 cm³/mol. The number of hydrogen-bond donors (Lipinski definition) is 2. The van der Waals surface area contributed by atoms with E-state index in [-0.39, 0.29) is 5.91 Å². The molecule has 1 amide bonds. The minimum atomic E-state index is -0.532. The molecule has 1 aromatic carbocycles. The highest BCUT2D eigenvalue weighted by molar-refractivity contribution is 5.81. The molecular formula is C16H19N3O. The minimum absolute atomic E-state index is 0.143. The number of carbonyl (C=O) groups excluding carboxylic acids is 1. The van der Waals surface area contributed by atoms with Crippen LogP contribution in [0.2, 0.25) is 0 Å². The van der Waals surface area contributed by atoms with Crippen molar-refractivity contribution in [3.8, 4) is 0 Å². The predicted octanol–water partition coefficient (Wildman–Crippen LogP) is 1.58. The number of nitrogens with two attached hydrogens (primary N) is 1. The maximum absolute atomic E-state index is 11.9. The van der Waals surface area contributed by atoms with Gasteiger partial charge in [0, 0.05) is 18.9 Å². The van der Waals surface area contributed by atoms with Crippen LogP contribution in [0.15, 0.2) is 48.8 Å². The number of nitrogens with one attached hydrogen (secondary N) is 1. The van der Waals surface area contributed by atoms with Gasteiger partial charge in [-0.2, -0.15) is 0 Å². The van der Waals surface area contributed by atoms with E-state index in [1.807, 2.05) is 43.3 Å². The Morgan fingerprint density at radius 2 is 2.00 bits per heavy atom. The van der Waals surface area contributed by atoms with Crippen molar-refractivity contribution in [3.05, 3.63) is 65.5 Å². The summed E-state index contributed by atoms with van der Waals surface area (Å²) in [6.07, 6.45) is 4.07. The number of carbonyl (C=O) groups is 1. The Kier molecular flexibility index (Phi) is 4.85. The molecule has 0 saturated heterocycles. The lowest BCUT2D eigenvalue weighted by molar-refractivity contribution is -0.122. The standard InChI is InChI=1S/C16H19N3O/c1-12-7-14(10-18-9-12)11-19-16(20)15(17)8-13-5-3-2-4-6-13/h2-7,9-10,15H,8,11,17H2,1H3,(H,19,20)/t15-/m0/s1. The van der Waals surface area contributed by atoms with Crippen LogP contribution in [0.3, 0.4) is 0 Å². The molecule has 2 rings (SSSR count). The van der Waals surface area contributed by atoms with Crippen molar-refractivity contribution in [3.63, 3.8) is 0 Å². The van der Waals surface area contributed by atoms with Gasteiger partial charge < -0.3 is 11.1 Å². The van der Waals surface area contributed by atoms with Crippen molar-refractivity contribution in [2.75, 3.05) is 0 Å². The first-order chi connectivity index (χ1) is 9.65. The smallest absolute Gasteiger partial charge is 0.237 e. The monoisotopic (exact) mass is 269 g/mol. The molecule has 1 aromatic heterocycles. The lowest BCUT2D eigenvalue weighted by Crippen LogP contribution is -2.41. The van der Waals surface area contributed by atoms with Gasteiger partial charge in [-0.3, -0.25) is 9.78 Å². The SMILES string of the molecule is Cc1cncc(CNC(=O)[C@@H](N)Cc2ccccc2)c1. The zero-order valence-electron chi connectivity index (χ0n) is 11.5. The second kappa shape index (κ2) is 6.82. The molecule has 4 nitrogen and oxygen atoms in total. The Morgan fingerprint density at radius 3 is 2.70 bits per heavy atom. The first-order valence-electron chi connectivity index (χ1n) is 6.63. The lowest BCUT2D eigenvalue weighted by atomic mass is 10.1. The third-order valence-corrected chi connectivity index (χ3v) is 3.03. The van der Waals surface area contributed by atoms with Gasteiger partial charge in [0.1, 0.15) is 0 Å². The first kappa shape index (κ1) is 14.2. The van der Waals surface area contributed by atoms with E-state index in [2.05, 4.69) is 10.3 Å². The number of rotatable bonds is 5. The molecule has 1 heterocycles. The van der Waals surface area contributed by atoms with E-state index in [0.717, 1.165) is 16.7 Å². The van der Waals surface area contributed by atoms with Crippen LogP contribution in [0.5, 0.6) is 0 Å². The van der Waals surface area contributed by atoms with Crippen LogP contribution in [0.1, 0.15) is 16.7 Å². The van der Waals surface area contributed by atoms with Crippen molar-refractivity contribution in [2.24, 2.45) is 5.73 Å². The van der Waals surface area contributed by atoms with Crippen LogP contribution >= 0.6 is 0 Å². The van der Waals surface area contributed by atoms with Gasteiger partial charge in [-0.05, 0) is 30.0 Å². The van der Waals surface area contributed by atoms with Gasteiger partial charge in [0.05, 0.1) is 6.04 Å². The highest BCUT2D eigenvalue weighted by Crippen LogP contribution is 2.03. The van der Waals surface area contributed by atoms with Gasteiger partial charge in [-0.1, -0.05) is 36.4 Å². The van der Waals surface area contributed by atoms with Crippen LogP contribution in [-0.4, -0.2) is 16.9 Å². The molecule has 0 saturated carbocycles. The van der Waals surface area contributed by atoms with Gasteiger partial charge in [0.25, 0.3) is 0 Å².